The van der Waals surface area contributed by atoms with Crippen LogP contribution in [0.1, 0.15) is 0 Å². The van der Waals surface area contributed by atoms with Crippen LogP contribution in [-0.2, 0) is 0 Å². The molecule has 3 aromatic heterocycles. The van der Waals surface area contributed by atoms with Gasteiger partial charge in [0.2, 0.25) is 0 Å². The Balaban J connectivity index is 1.06. The molecule has 0 amide bonds. The highest BCUT2D eigenvalue weighted by atomic mass is 32.1. The lowest BCUT2D eigenvalue weighted by atomic mass is 9.97. The minimum absolute atomic E-state index is 0.618. The number of rotatable bonds is 6. The molecule has 4 nitrogen and oxygen atoms in total. The van der Waals surface area contributed by atoms with Crippen LogP contribution in [0, 0.1) is 0 Å². The number of nitrogens with zero attached hydrogens (tertiary/aromatic N) is 4. The summed E-state index contributed by atoms with van der Waals surface area (Å²) in [5.41, 5.74) is 10.7. The number of hydrogen-bond acceptors (Lipinski definition) is 4. The van der Waals surface area contributed by atoms with Crippen LogP contribution < -0.4 is 0 Å². The van der Waals surface area contributed by atoms with Crippen LogP contribution in [0.2, 0.25) is 0 Å². The second-order valence-corrected chi connectivity index (χ2v) is 17.5. The molecule has 64 heavy (non-hydrogen) atoms. The van der Waals surface area contributed by atoms with E-state index in [9.17, 15) is 0 Å². The minimum atomic E-state index is 0.618. The summed E-state index contributed by atoms with van der Waals surface area (Å²) in [6.07, 6.45) is 0. The molecule has 13 aromatic rings. The van der Waals surface area contributed by atoms with E-state index in [1.165, 1.54) is 63.6 Å². The molecule has 0 saturated carbocycles. The van der Waals surface area contributed by atoms with E-state index in [2.05, 4.69) is 205 Å². The van der Waals surface area contributed by atoms with Gasteiger partial charge in [0, 0.05) is 53.2 Å². The van der Waals surface area contributed by atoms with Gasteiger partial charge in [-0.25, -0.2) is 15.0 Å². The Morgan fingerprint density at radius 1 is 0.312 bits per heavy atom. The van der Waals surface area contributed by atoms with Gasteiger partial charge in [-0.2, -0.15) is 0 Å². The van der Waals surface area contributed by atoms with E-state index in [0.29, 0.717) is 17.5 Å². The second kappa shape index (κ2) is 14.7. The van der Waals surface area contributed by atoms with Crippen molar-refractivity contribution in [3.8, 4) is 62.1 Å². The minimum Gasteiger partial charge on any atom is -0.309 e. The number of aromatic nitrogens is 4. The third-order valence-corrected chi connectivity index (χ3v) is 13.8. The van der Waals surface area contributed by atoms with Crippen molar-refractivity contribution in [2.45, 2.75) is 0 Å². The zero-order valence-electron chi connectivity index (χ0n) is 34.5. The fraction of sp³-hybridized carbons (Fsp3) is 0. The van der Waals surface area contributed by atoms with Crippen molar-refractivity contribution in [1.82, 2.24) is 19.5 Å². The highest BCUT2D eigenvalue weighted by molar-refractivity contribution is 7.25. The van der Waals surface area contributed by atoms with Crippen molar-refractivity contribution in [1.29, 1.82) is 0 Å². The summed E-state index contributed by atoms with van der Waals surface area (Å²) in [7, 11) is 0. The molecule has 0 radical (unpaired) electrons. The van der Waals surface area contributed by atoms with E-state index in [-0.39, 0.29) is 0 Å². The molecule has 0 N–H and O–H groups in total. The zero-order valence-corrected chi connectivity index (χ0v) is 35.3. The summed E-state index contributed by atoms with van der Waals surface area (Å²) in [6, 6.07) is 78.3. The summed E-state index contributed by atoms with van der Waals surface area (Å²) >= 11 is 1.81. The Morgan fingerprint density at radius 3 is 1.62 bits per heavy atom. The van der Waals surface area contributed by atoms with Gasteiger partial charge in [0.05, 0.1) is 16.7 Å². The molecule has 298 valence electrons. The largest absolute Gasteiger partial charge is 0.309 e. The molecule has 10 aromatic carbocycles. The molecule has 0 bridgehead atoms. The van der Waals surface area contributed by atoms with Crippen molar-refractivity contribution < 1.29 is 0 Å². The van der Waals surface area contributed by atoms with Crippen LogP contribution in [0.15, 0.2) is 218 Å². The standard InChI is InChI=1S/C59H36N4S/c1-3-13-37(14-4-1)38-23-25-40(26-24-38)48-34-44(28-30-51(48)63-52-31-27-39-15-9-10-20-46(39)56(52)50-33-42-18-7-8-19-43(42)36-53(50)63)58-60-57(41-16-5-2-6-17-41)61-59(62-58)45-29-32-55-49(35-45)47-21-11-12-22-54(47)64-55/h1-36H. The Hall–Kier alpha value is -8.25. The predicted molar refractivity (Wildman–Crippen MR) is 269 cm³/mol. The van der Waals surface area contributed by atoms with Crippen LogP contribution in [0.3, 0.4) is 0 Å². The highest BCUT2D eigenvalue weighted by Gasteiger charge is 2.21. The summed E-state index contributed by atoms with van der Waals surface area (Å²) < 4.78 is 4.97. The Bertz CT molecular complexity index is 3940. The molecular weight excluding hydrogens is 797 g/mol. The zero-order chi connectivity index (χ0) is 42.1. The van der Waals surface area contributed by atoms with E-state index in [1.807, 2.05) is 29.5 Å². The molecule has 13 rings (SSSR count). The van der Waals surface area contributed by atoms with Gasteiger partial charge in [-0.1, -0.05) is 158 Å². The van der Waals surface area contributed by atoms with Crippen LogP contribution >= 0.6 is 11.3 Å². The van der Waals surface area contributed by atoms with E-state index >= 15 is 0 Å². The first-order chi connectivity index (χ1) is 31.7. The number of thiophene rings is 1. The molecule has 0 fully saturated rings. The SMILES string of the molecule is c1ccc(-c2ccc(-c3cc(-c4nc(-c5ccccc5)nc(-c5ccc6sc7ccccc7c6c5)n4)ccc3-n3c4cc5ccccc5cc4c4c5ccccc5ccc43)cc2)cc1. The molecule has 0 aliphatic heterocycles. The molecule has 5 heteroatoms. The average Bonchev–Trinajstić information content (AvgIpc) is 3.91. The average molecular weight is 833 g/mol. The number of fused-ring (bicyclic) bond motifs is 9. The normalized spacial score (nSPS) is 11.8. The van der Waals surface area contributed by atoms with Crippen LogP contribution in [-0.4, -0.2) is 19.5 Å². The molecule has 0 aliphatic carbocycles. The van der Waals surface area contributed by atoms with E-state index in [4.69, 9.17) is 15.0 Å². The fourth-order valence-corrected chi connectivity index (χ4v) is 10.6. The van der Waals surface area contributed by atoms with E-state index in [0.717, 1.165) is 44.5 Å². The Morgan fingerprint density at radius 2 is 0.859 bits per heavy atom. The molecule has 0 saturated heterocycles. The topological polar surface area (TPSA) is 43.6 Å². The molecular formula is C59H36N4S. The quantitative estimate of drug-likeness (QED) is 0.168. The van der Waals surface area contributed by atoms with E-state index in [1.54, 1.807) is 0 Å². The third-order valence-electron chi connectivity index (χ3n) is 12.6. The highest BCUT2D eigenvalue weighted by Crippen LogP contribution is 2.43. The maximum absolute atomic E-state index is 5.29. The van der Waals surface area contributed by atoms with Gasteiger partial charge in [-0.15, -0.1) is 11.3 Å². The van der Waals surface area contributed by atoms with Gasteiger partial charge in [0.1, 0.15) is 0 Å². The first-order valence-electron chi connectivity index (χ1n) is 21.6. The molecule has 0 unspecified atom stereocenters. The summed E-state index contributed by atoms with van der Waals surface area (Å²) in [4.78, 5) is 15.7. The van der Waals surface area contributed by atoms with Crippen LogP contribution in [0.4, 0.5) is 0 Å². The van der Waals surface area contributed by atoms with Gasteiger partial charge >= 0.3 is 0 Å². The predicted octanol–water partition coefficient (Wildman–Crippen LogP) is 16.0. The van der Waals surface area contributed by atoms with Crippen molar-refractivity contribution in [2.24, 2.45) is 0 Å². The molecule has 0 atom stereocenters. The summed E-state index contributed by atoms with van der Waals surface area (Å²) in [5.74, 6) is 1.89. The smallest absolute Gasteiger partial charge is 0.164 e. The Kier molecular flexibility index (Phi) is 8.36. The second-order valence-electron chi connectivity index (χ2n) is 16.4. The first kappa shape index (κ1) is 36.4. The Labute approximate surface area is 373 Å². The van der Waals surface area contributed by atoms with Gasteiger partial charge < -0.3 is 4.57 Å². The van der Waals surface area contributed by atoms with Crippen molar-refractivity contribution >= 4 is 74.9 Å². The maximum atomic E-state index is 5.29. The lowest BCUT2D eigenvalue weighted by Crippen LogP contribution is -2.02. The van der Waals surface area contributed by atoms with Gasteiger partial charge in [-0.3, -0.25) is 0 Å². The lowest BCUT2D eigenvalue weighted by Gasteiger charge is -2.17. The third kappa shape index (κ3) is 6.01. The molecule has 0 spiro atoms. The maximum Gasteiger partial charge on any atom is 0.164 e. The fourth-order valence-electron chi connectivity index (χ4n) is 9.52. The lowest BCUT2D eigenvalue weighted by molar-refractivity contribution is 1.07. The molecule has 0 aliphatic rings. The van der Waals surface area contributed by atoms with Crippen LogP contribution in [0.25, 0.3) is 126 Å². The summed E-state index contributed by atoms with van der Waals surface area (Å²) in [5, 5.41) is 9.81. The summed E-state index contributed by atoms with van der Waals surface area (Å²) in [6.45, 7) is 0. The van der Waals surface area contributed by atoms with E-state index < -0.39 is 0 Å². The molecule has 3 heterocycles. The van der Waals surface area contributed by atoms with Crippen LogP contribution in [0.5, 0.6) is 0 Å². The van der Waals surface area contributed by atoms with Crippen molar-refractivity contribution in [2.75, 3.05) is 0 Å². The van der Waals surface area contributed by atoms with Gasteiger partial charge in [-0.05, 0) is 98.9 Å². The van der Waals surface area contributed by atoms with Crippen molar-refractivity contribution in [3.05, 3.63) is 218 Å². The monoisotopic (exact) mass is 832 g/mol. The van der Waals surface area contributed by atoms with Crippen molar-refractivity contribution in [3.63, 3.8) is 0 Å². The number of benzene rings is 10. The number of hydrogen-bond donors (Lipinski definition) is 0. The van der Waals surface area contributed by atoms with Gasteiger partial charge in [0.15, 0.2) is 17.5 Å². The van der Waals surface area contributed by atoms with Gasteiger partial charge in [0.25, 0.3) is 0 Å². The first-order valence-corrected chi connectivity index (χ1v) is 22.4.